The summed E-state index contributed by atoms with van der Waals surface area (Å²) in [5.41, 5.74) is 3.25. The lowest BCUT2D eigenvalue weighted by Gasteiger charge is -2.31. The first-order valence-electron chi connectivity index (χ1n) is 11.3. The van der Waals surface area contributed by atoms with E-state index in [1.807, 2.05) is 43.7 Å². The molecule has 1 aliphatic heterocycles. The van der Waals surface area contributed by atoms with E-state index < -0.39 is 0 Å². The second-order valence-electron chi connectivity index (χ2n) is 8.61. The van der Waals surface area contributed by atoms with Gasteiger partial charge in [-0.05, 0) is 58.7 Å². The topological polar surface area (TPSA) is 59.4 Å². The fourth-order valence-corrected chi connectivity index (χ4v) is 4.25. The summed E-state index contributed by atoms with van der Waals surface area (Å²) >= 11 is 6.68. The summed E-state index contributed by atoms with van der Waals surface area (Å²) in [7, 11) is 0. The summed E-state index contributed by atoms with van der Waals surface area (Å²) in [5.74, 6) is 0.272. The third-order valence-corrected chi connectivity index (χ3v) is 6.19. The normalized spacial score (nSPS) is 15.5. The zero-order chi connectivity index (χ0) is 22.2. The van der Waals surface area contributed by atoms with Crippen molar-refractivity contribution in [2.45, 2.75) is 59.2 Å². The van der Waals surface area contributed by atoms with E-state index in [9.17, 15) is 4.79 Å². The zero-order valence-corrected chi connectivity index (χ0v) is 19.7. The van der Waals surface area contributed by atoms with Gasteiger partial charge < -0.3 is 10.1 Å². The predicted molar refractivity (Wildman–Crippen MR) is 124 cm³/mol. The smallest absolute Gasteiger partial charge is 0.223 e. The zero-order valence-electron chi connectivity index (χ0n) is 18.9. The van der Waals surface area contributed by atoms with Crippen molar-refractivity contribution in [1.82, 2.24) is 20.0 Å². The van der Waals surface area contributed by atoms with Crippen molar-refractivity contribution in [3.05, 3.63) is 52.3 Å². The Hall–Kier alpha value is -1.89. The summed E-state index contributed by atoms with van der Waals surface area (Å²) in [6.45, 7) is 10.7. The second-order valence-corrected chi connectivity index (χ2v) is 8.97. The number of hydrogen-bond acceptors (Lipinski definition) is 4. The molecule has 6 nitrogen and oxygen atoms in total. The number of aryl methyl sites for hydroxylation is 1. The Kier molecular flexibility index (Phi) is 8.93. The van der Waals surface area contributed by atoms with Crippen molar-refractivity contribution in [3.8, 4) is 0 Å². The standard InChI is InChI=1S/C24H35ClN4O2/c1-18(2)31-15-7-12-26-24(30)21-10-13-28(14-11-21)17-22-19(3)27-29(23(22)25)16-20-8-5-4-6-9-20/h4-6,8-9,18,21H,7,10-17H2,1-3H3,(H,26,30). The number of hydrogen-bond donors (Lipinski definition) is 1. The molecule has 1 fully saturated rings. The van der Waals surface area contributed by atoms with Crippen LogP contribution < -0.4 is 5.32 Å². The Morgan fingerprint density at radius 3 is 2.61 bits per heavy atom. The average Bonchev–Trinajstić information content (AvgIpc) is 3.01. The van der Waals surface area contributed by atoms with Crippen molar-refractivity contribution < 1.29 is 9.53 Å². The van der Waals surface area contributed by atoms with Gasteiger partial charge in [-0.3, -0.25) is 9.69 Å². The van der Waals surface area contributed by atoms with Crippen LogP contribution in [-0.4, -0.2) is 52.9 Å². The minimum absolute atomic E-state index is 0.0969. The van der Waals surface area contributed by atoms with E-state index in [-0.39, 0.29) is 17.9 Å². The molecule has 31 heavy (non-hydrogen) atoms. The van der Waals surface area contributed by atoms with Crippen LogP contribution in [0.3, 0.4) is 0 Å². The number of benzene rings is 1. The number of nitrogens with zero attached hydrogens (tertiary/aromatic N) is 3. The van der Waals surface area contributed by atoms with Gasteiger partial charge in [-0.1, -0.05) is 41.9 Å². The number of amides is 1. The molecular weight excluding hydrogens is 412 g/mol. The van der Waals surface area contributed by atoms with Gasteiger partial charge in [0.15, 0.2) is 0 Å². The number of rotatable bonds is 10. The molecule has 0 spiro atoms. The molecule has 2 heterocycles. The molecule has 1 amide bonds. The molecule has 0 radical (unpaired) electrons. The monoisotopic (exact) mass is 446 g/mol. The average molecular weight is 447 g/mol. The number of piperidine rings is 1. The lowest BCUT2D eigenvalue weighted by molar-refractivity contribution is -0.126. The van der Waals surface area contributed by atoms with Crippen molar-refractivity contribution in [1.29, 1.82) is 0 Å². The van der Waals surface area contributed by atoms with E-state index >= 15 is 0 Å². The summed E-state index contributed by atoms with van der Waals surface area (Å²) in [4.78, 5) is 14.8. The van der Waals surface area contributed by atoms with Crippen LogP contribution in [0.4, 0.5) is 0 Å². The Labute approximate surface area is 190 Å². The number of halogens is 1. The number of carbonyl (C=O) groups excluding carboxylic acids is 1. The van der Waals surface area contributed by atoms with Crippen molar-refractivity contribution >= 4 is 17.5 Å². The maximum atomic E-state index is 12.4. The summed E-state index contributed by atoms with van der Waals surface area (Å²) in [5, 5.41) is 8.43. The first-order valence-corrected chi connectivity index (χ1v) is 11.7. The minimum Gasteiger partial charge on any atom is -0.379 e. The van der Waals surface area contributed by atoms with E-state index in [4.69, 9.17) is 16.3 Å². The molecule has 0 unspecified atom stereocenters. The van der Waals surface area contributed by atoms with Crippen molar-refractivity contribution in [3.63, 3.8) is 0 Å². The van der Waals surface area contributed by atoms with Crippen LogP contribution in [0, 0.1) is 12.8 Å². The highest BCUT2D eigenvalue weighted by Crippen LogP contribution is 2.25. The van der Waals surface area contributed by atoms with Crippen LogP contribution in [0.1, 0.15) is 49.9 Å². The van der Waals surface area contributed by atoms with Crippen LogP contribution in [-0.2, 0) is 22.6 Å². The Morgan fingerprint density at radius 2 is 1.94 bits per heavy atom. The van der Waals surface area contributed by atoms with Crippen LogP contribution >= 0.6 is 11.6 Å². The molecule has 1 aromatic heterocycles. The van der Waals surface area contributed by atoms with Crippen LogP contribution in [0.15, 0.2) is 30.3 Å². The number of nitrogens with one attached hydrogen (secondary N) is 1. The summed E-state index contributed by atoms with van der Waals surface area (Å²) < 4.78 is 7.40. The van der Waals surface area contributed by atoms with Crippen molar-refractivity contribution in [2.75, 3.05) is 26.2 Å². The molecule has 0 bridgehead atoms. The molecule has 2 aromatic rings. The second kappa shape index (κ2) is 11.7. The highest BCUT2D eigenvalue weighted by atomic mass is 35.5. The molecule has 0 atom stereocenters. The number of aromatic nitrogens is 2. The first-order chi connectivity index (χ1) is 14.9. The van der Waals surface area contributed by atoms with Gasteiger partial charge in [0.25, 0.3) is 0 Å². The fourth-order valence-electron chi connectivity index (χ4n) is 3.96. The highest BCUT2D eigenvalue weighted by Gasteiger charge is 2.26. The quantitative estimate of drug-likeness (QED) is 0.559. The molecule has 1 aliphatic rings. The van der Waals surface area contributed by atoms with Crippen molar-refractivity contribution in [2.24, 2.45) is 5.92 Å². The van der Waals surface area contributed by atoms with Crippen LogP contribution in [0.2, 0.25) is 5.15 Å². The highest BCUT2D eigenvalue weighted by molar-refractivity contribution is 6.30. The summed E-state index contributed by atoms with van der Waals surface area (Å²) in [6, 6.07) is 10.2. The lowest BCUT2D eigenvalue weighted by atomic mass is 9.95. The van der Waals surface area contributed by atoms with Gasteiger partial charge in [-0.2, -0.15) is 5.10 Å². The minimum atomic E-state index is 0.0969. The fraction of sp³-hybridized carbons (Fsp3) is 0.583. The first kappa shape index (κ1) is 23.8. The predicted octanol–water partition coefficient (Wildman–Crippen LogP) is 4.04. The van der Waals surface area contributed by atoms with E-state index in [0.29, 0.717) is 24.8 Å². The third kappa shape index (κ3) is 7.06. The van der Waals surface area contributed by atoms with Gasteiger partial charge in [0.05, 0.1) is 18.3 Å². The van der Waals surface area contributed by atoms with E-state index in [0.717, 1.165) is 50.2 Å². The molecule has 1 saturated heterocycles. The molecular formula is C24H35ClN4O2. The molecule has 3 rings (SSSR count). The third-order valence-electron chi connectivity index (χ3n) is 5.77. The van der Waals surface area contributed by atoms with Gasteiger partial charge in [0.2, 0.25) is 5.91 Å². The summed E-state index contributed by atoms with van der Waals surface area (Å²) in [6.07, 6.45) is 2.85. The van der Waals surface area contributed by atoms with Gasteiger partial charge in [0.1, 0.15) is 5.15 Å². The van der Waals surface area contributed by atoms with Gasteiger partial charge >= 0.3 is 0 Å². The van der Waals surface area contributed by atoms with Crippen LogP contribution in [0.5, 0.6) is 0 Å². The van der Waals surface area contributed by atoms with E-state index in [1.165, 1.54) is 5.56 Å². The Balaban J connectivity index is 1.45. The lowest BCUT2D eigenvalue weighted by Crippen LogP contribution is -2.40. The largest absolute Gasteiger partial charge is 0.379 e. The molecule has 0 saturated carbocycles. The molecule has 1 N–H and O–H groups in total. The number of carbonyl (C=O) groups is 1. The molecule has 1 aromatic carbocycles. The SMILES string of the molecule is Cc1nn(Cc2ccccc2)c(Cl)c1CN1CCC(C(=O)NCCCOC(C)C)CC1. The Morgan fingerprint density at radius 1 is 1.23 bits per heavy atom. The molecule has 0 aliphatic carbocycles. The maximum Gasteiger partial charge on any atom is 0.223 e. The maximum absolute atomic E-state index is 12.4. The molecule has 7 heteroatoms. The number of likely N-dealkylation sites (tertiary alicyclic amines) is 1. The van der Waals surface area contributed by atoms with Gasteiger partial charge in [-0.15, -0.1) is 0 Å². The van der Waals surface area contributed by atoms with Gasteiger partial charge in [-0.25, -0.2) is 4.68 Å². The van der Waals surface area contributed by atoms with E-state index in [2.05, 4.69) is 27.4 Å². The van der Waals surface area contributed by atoms with Gasteiger partial charge in [0, 0.05) is 31.2 Å². The Bertz CT molecular complexity index is 830. The number of ether oxygens (including phenoxy) is 1. The van der Waals surface area contributed by atoms with Crippen LogP contribution in [0.25, 0.3) is 0 Å². The van der Waals surface area contributed by atoms with E-state index in [1.54, 1.807) is 0 Å². The molecule has 170 valence electrons.